The van der Waals surface area contributed by atoms with Gasteiger partial charge >= 0.3 is 0 Å². The van der Waals surface area contributed by atoms with Crippen LogP contribution in [0.1, 0.15) is 30.6 Å². The maximum atomic E-state index is 12.5. The number of amides is 1. The molecule has 1 aliphatic heterocycles. The Morgan fingerprint density at radius 1 is 1.06 bits per heavy atom. The first kappa shape index (κ1) is 23.5. The number of morpholine rings is 1. The number of rotatable bonds is 8. The molecule has 2 atom stereocenters. The maximum absolute atomic E-state index is 12.5. The molecule has 1 fully saturated rings. The van der Waals surface area contributed by atoms with Gasteiger partial charge in [0.25, 0.3) is 15.9 Å². The van der Waals surface area contributed by atoms with Crippen LogP contribution in [0.15, 0.2) is 53.4 Å². The molecule has 31 heavy (non-hydrogen) atoms. The normalized spacial score (nSPS) is 19.7. The molecular weight excluding hydrogens is 438 g/mol. The largest absolute Gasteiger partial charge is 0.373 e. The topological polar surface area (TPSA) is 87.7 Å². The molecule has 7 nitrogen and oxygen atoms in total. The van der Waals surface area contributed by atoms with Gasteiger partial charge in [0.2, 0.25) is 0 Å². The molecule has 1 aliphatic rings. The average molecular weight is 466 g/mol. The molecule has 1 amide bonds. The van der Waals surface area contributed by atoms with E-state index in [0.717, 1.165) is 26.1 Å². The number of carbonyl (C=O) groups is 1. The maximum Gasteiger partial charge on any atom is 0.261 e. The highest BCUT2D eigenvalue weighted by Crippen LogP contribution is 2.19. The zero-order chi connectivity index (χ0) is 22.4. The van der Waals surface area contributed by atoms with Gasteiger partial charge < -0.3 is 10.1 Å². The Labute approximate surface area is 188 Å². The van der Waals surface area contributed by atoms with Crippen molar-refractivity contribution >= 4 is 33.2 Å². The summed E-state index contributed by atoms with van der Waals surface area (Å²) in [6.45, 7) is 7.39. The summed E-state index contributed by atoms with van der Waals surface area (Å²) < 4.78 is 33.2. The lowest BCUT2D eigenvalue weighted by atomic mass is 10.2. The molecule has 3 rings (SSSR count). The molecule has 0 radical (unpaired) electrons. The lowest BCUT2D eigenvalue weighted by Crippen LogP contribution is -2.46. The third-order valence-corrected chi connectivity index (χ3v) is 6.60. The number of carbonyl (C=O) groups excluding carboxylic acids is 1. The SMILES string of the molecule is C[C@@H]1CN(CCCNC(=O)c2ccc(S(=O)(=O)Nc3ccc(Cl)cc3)cc2)C[C@@H](C)O1. The molecule has 2 N–H and O–H groups in total. The van der Waals surface area contributed by atoms with Crippen LogP contribution in [0.25, 0.3) is 0 Å². The lowest BCUT2D eigenvalue weighted by molar-refractivity contribution is -0.0680. The molecule has 0 aromatic heterocycles. The smallest absolute Gasteiger partial charge is 0.261 e. The van der Waals surface area contributed by atoms with Gasteiger partial charge in [0.05, 0.1) is 17.1 Å². The molecular formula is C22H28ClN3O4S. The second kappa shape index (κ2) is 10.5. The van der Waals surface area contributed by atoms with Crippen molar-refractivity contribution in [1.29, 1.82) is 0 Å². The van der Waals surface area contributed by atoms with Crippen LogP contribution < -0.4 is 10.0 Å². The minimum Gasteiger partial charge on any atom is -0.373 e. The second-order valence-corrected chi connectivity index (χ2v) is 9.88. The van der Waals surface area contributed by atoms with Gasteiger partial charge in [-0.2, -0.15) is 0 Å². The van der Waals surface area contributed by atoms with Gasteiger partial charge in [-0.1, -0.05) is 11.6 Å². The van der Waals surface area contributed by atoms with Gasteiger partial charge in [-0.3, -0.25) is 14.4 Å². The number of hydrogen-bond donors (Lipinski definition) is 2. The number of benzene rings is 2. The predicted molar refractivity (Wildman–Crippen MR) is 122 cm³/mol. The number of ether oxygens (including phenoxy) is 1. The summed E-state index contributed by atoms with van der Waals surface area (Å²) in [5, 5.41) is 3.41. The summed E-state index contributed by atoms with van der Waals surface area (Å²) in [7, 11) is -3.75. The predicted octanol–water partition coefficient (Wildman–Crippen LogP) is 3.37. The Morgan fingerprint density at radius 3 is 2.29 bits per heavy atom. The molecule has 9 heteroatoms. The van der Waals surface area contributed by atoms with Crippen LogP contribution in [0.3, 0.4) is 0 Å². The highest BCUT2D eigenvalue weighted by molar-refractivity contribution is 7.92. The van der Waals surface area contributed by atoms with Gasteiger partial charge in [0.1, 0.15) is 0 Å². The summed E-state index contributed by atoms with van der Waals surface area (Å²) in [5.74, 6) is -0.224. The van der Waals surface area contributed by atoms with Crippen molar-refractivity contribution in [3.05, 3.63) is 59.1 Å². The van der Waals surface area contributed by atoms with Crippen LogP contribution in [0.5, 0.6) is 0 Å². The van der Waals surface area contributed by atoms with Crippen LogP contribution in [0.2, 0.25) is 5.02 Å². The van der Waals surface area contributed by atoms with Crippen molar-refractivity contribution in [3.8, 4) is 0 Å². The highest BCUT2D eigenvalue weighted by Gasteiger charge is 2.21. The first-order chi connectivity index (χ1) is 14.7. The summed E-state index contributed by atoms with van der Waals surface area (Å²) in [6, 6.07) is 12.2. The first-order valence-electron chi connectivity index (χ1n) is 10.3. The van der Waals surface area contributed by atoms with Gasteiger partial charge in [-0.25, -0.2) is 8.42 Å². The van der Waals surface area contributed by atoms with E-state index in [1.807, 2.05) is 0 Å². The fourth-order valence-corrected chi connectivity index (χ4v) is 4.78. The second-order valence-electron chi connectivity index (χ2n) is 7.76. The zero-order valence-corrected chi connectivity index (χ0v) is 19.2. The monoisotopic (exact) mass is 465 g/mol. The van der Waals surface area contributed by atoms with Crippen molar-refractivity contribution < 1.29 is 17.9 Å². The summed E-state index contributed by atoms with van der Waals surface area (Å²) in [4.78, 5) is 14.8. The average Bonchev–Trinajstić information content (AvgIpc) is 2.72. The van der Waals surface area contributed by atoms with Crippen molar-refractivity contribution in [2.45, 2.75) is 37.4 Å². The van der Waals surface area contributed by atoms with E-state index in [1.165, 1.54) is 24.3 Å². The summed E-state index contributed by atoms with van der Waals surface area (Å²) in [6.07, 6.45) is 1.28. The Balaban J connectivity index is 1.48. The van der Waals surface area contributed by atoms with E-state index < -0.39 is 10.0 Å². The van der Waals surface area contributed by atoms with Gasteiger partial charge in [0, 0.05) is 42.5 Å². The molecule has 0 aliphatic carbocycles. The van der Waals surface area contributed by atoms with E-state index in [-0.39, 0.29) is 23.0 Å². The van der Waals surface area contributed by atoms with E-state index in [0.29, 0.717) is 22.8 Å². The molecule has 0 unspecified atom stereocenters. The highest BCUT2D eigenvalue weighted by atomic mass is 35.5. The minimum absolute atomic E-state index is 0.0783. The third kappa shape index (κ3) is 6.93. The number of nitrogens with zero attached hydrogens (tertiary/aromatic N) is 1. The molecule has 1 heterocycles. The van der Waals surface area contributed by atoms with Crippen molar-refractivity contribution in [2.75, 3.05) is 30.9 Å². The molecule has 0 bridgehead atoms. The van der Waals surface area contributed by atoms with Crippen LogP contribution in [0.4, 0.5) is 5.69 Å². The molecule has 2 aromatic rings. The minimum atomic E-state index is -3.75. The van der Waals surface area contributed by atoms with Gasteiger partial charge in [-0.15, -0.1) is 0 Å². The Morgan fingerprint density at radius 2 is 1.68 bits per heavy atom. The van der Waals surface area contributed by atoms with E-state index in [9.17, 15) is 13.2 Å². The van der Waals surface area contributed by atoms with Crippen LogP contribution in [-0.2, 0) is 14.8 Å². The molecule has 2 aromatic carbocycles. The van der Waals surface area contributed by atoms with Crippen LogP contribution in [-0.4, -0.2) is 57.6 Å². The molecule has 0 saturated carbocycles. The quantitative estimate of drug-likeness (QED) is 0.583. The van der Waals surface area contributed by atoms with E-state index in [2.05, 4.69) is 28.8 Å². The van der Waals surface area contributed by atoms with Crippen LogP contribution in [0, 0.1) is 0 Å². The van der Waals surface area contributed by atoms with E-state index >= 15 is 0 Å². The zero-order valence-electron chi connectivity index (χ0n) is 17.7. The summed E-state index contributed by atoms with van der Waals surface area (Å²) in [5.41, 5.74) is 0.828. The van der Waals surface area contributed by atoms with E-state index in [4.69, 9.17) is 16.3 Å². The van der Waals surface area contributed by atoms with Gasteiger partial charge in [0.15, 0.2) is 0 Å². The third-order valence-electron chi connectivity index (χ3n) is 4.96. The fourth-order valence-electron chi connectivity index (χ4n) is 3.59. The Hall–Kier alpha value is -2.13. The van der Waals surface area contributed by atoms with Gasteiger partial charge in [-0.05, 0) is 68.8 Å². The molecule has 168 valence electrons. The lowest BCUT2D eigenvalue weighted by Gasteiger charge is -2.35. The summed E-state index contributed by atoms with van der Waals surface area (Å²) >= 11 is 5.82. The number of hydrogen-bond acceptors (Lipinski definition) is 5. The Kier molecular flexibility index (Phi) is 7.94. The number of nitrogens with one attached hydrogen (secondary N) is 2. The number of halogens is 1. The van der Waals surface area contributed by atoms with E-state index in [1.54, 1.807) is 24.3 Å². The fraction of sp³-hybridized carbons (Fsp3) is 0.409. The molecule has 1 saturated heterocycles. The number of sulfonamides is 1. The van der Waals surface area contributed by atoms with Crippen molar-refractivity contribution in [3.63, 3.8) is 0 Å². The number of anilines is 1. The van der Waals surface area contributed by atoms with Crippen molar-refractivity contribution in [1.82, 2.24) is 10.2 Å². The Bertz CT molecular complexity index is 971. The molecule has 0 spiro atoms. The standard InChI is InChI=1S/C22H28ClN3O4S/c1-16-14-26(15-17(2)30-16)13-3-12-24-22(27)18-4-10-21(11-5-18)31(28,29)25-20-8-6-19(23)7-9-20/h4-11,16-17,25H,3,12-15H2,1-2H3,(H,24,27)/t16-,17-/m1/s1. The van der Waals surface area contributed by atoms with Crippen molar-refractivity contribution in [2.24, 2.45) is 0 Å². The van der Waals surface area contributed by atoms with Crippen LogP contribution >= 0.6 is 11.6 Å². The first-order valence-corrected chi connectivity index (χ1v) is 12.1.